The second kappa shape index (κ2) is 11.5. The Bertz CT molecular complexity index is 1230. The van der Waals surface area contributed by atoms with E-state index >= 15 is 0 Å². The van der Waals surface area contributed by atoms with E-state index in [2.05, 4.69) is 5.32 Å². The molecule has 3 rings (SSSR count). The van der Waals surface area contributed by atoms with Gasteiger partial charge >= 0.3 is 0 Å². The Morgan fingerprint density at radius 3 is 2.26 bits per heavy atom. The molecule has 0 aliphatic carbocycles. The van der Waals surface area contributed by atoms with Gasteiger partial charge in [-0.3, -0.25) is 9.59 Å². The molecule has 0 aliphatic rings. The van der Waals surface area contributed by atoms with Crippen LogP contribution >= 0.6 is 0 Å². The third-order valence-corrected chi connectivity index (χ3v) is 6.33. The first-order valence-electron chi connectivity index (χ1n) is 10.8. The molecule has 178 valence electrons. The van der Waals surface area contributed by atoms with Crippen molar-refractivity contribution in [3.05, 3.63) is 84.4 Å². The SMILES string of the molecule is CN(CCCOc1cccc(S(C)(=O)=O)c1)C(=O)CNC(=O)c1ccc(-c2ccccc2)cc1. The van der Waals surface area contributed by atoms with Crippen molar-refractivity contribution in [1.82, 2.24) is 10.2 Å². The summed E-state index contributed by atoms with van der Waals surface area (Å²) >= 11 is 0. The van der Waals surface area contributed by atoms with E-state index in [4.69, 9.17) is 4.74 Å². The maximum atomic E-state index is 12.4. The molecule has 34 heavy (non-hydrogen) atoms. The summed E-state index contributed by atoms with van der Waals surface area (Å²) in [7, 11) is -1.64. The summed E-state index contributed by atoms with van der Waals surface area (Å²) in [6.07, 6.45) is 1.70. The van der Waals surface area contributed by atoms with Gasteiger partial charge in [0.1, 0.15) is 5.75 Å². The summed E-state index contributed by atoms with van der Waals surface area (Å²) in [5.41, 5.74) is 2.57. The van der Waals surface area contributed by atoms with Gasteiger partial charge in [0.05, 0.1) is 18.0 Å². The number of hydrogen-bond donors (Lipinski definition) is 1. The molecule has 0 fully saturated rings. The first-order valence-corrected chi connectivity index (χ1v) is 12.7. The molecule has 7 nitrogen and oxygen atoms in total. The molecule has 0 spiro atoms. The normalized spacial score (nSPS) is 11.0. The van der Waals surface area contributed by atoms with Gasteiger partial charge in [-0.15, -0.1) is 0 Å². The molecule has 0 radical (unpaired) electrons. The smallest absolute Gasteiger partial charge is 0.251 e. The molecule has 2 amide bonds. The predicted octanol–water partition coefficient (Wildman–Crippen LogP) is 3.41. The number of ether oxygens (including phenoxy) is 1. The topological polar surface area (TPSA) is 92.8 Å². The molecular weight excluding hydrogens is 452 g/mol. The van der Waals surface area contributed by atoms with Crippen LogP contribution < -0.4 is 10.1 Å². The van der Waals surface area contributed by atoms with Crippen molar-refractivity contribution < 1.29 is 22.7 Å². The highest BCUT2D eigenvalue weighted by Crippen LogP contribution is 2.19. The fraction of sp³-hybridized carbons (Fsp3) is 0.231. The number of nitrogens with one attached hydrogen (secondary N) is 1. The minimum absolute atomic E-state index is 0.104. The second-order valence-corrected chi connectivity index (χ2v) is 9.91. The Morgan fingerprint density at radius 2 is 1.59 bits per heavy atom. The molecule has 1 N–H and O–H groups in total. The van der Waals surface area contributed by atoms with Gasteiger partial charge in [0.2, 0.25) is 5.91 Å². The summed E-state index contributed by atoms with van der Waals surface area (Å²) in [5.74, 6) is -0.0637. The predicted molar refractivity (Wildman–Crippen MR) is 132 cm³/mol. The van der Waals surface area contributed by atoms with E-state index in [9.17, 15) is 18.0 Å². The largest absolute Gasteiger partial charge is 0.493 e. The lowest BCUT2D eigenvalue weighted by molar-refractivity contribution is -0.128. The minimum atomic E-state index is -3.30. The lowest BCUT2D eigenvalue weighted by Crippen LogP contribution is -2.38. The van der Waals surface area contributed by atoms with E-state index in [1.54, 1.807) is 31.3 Å². The number of sulfone groups is 1. The maximum absolute atomic E-state index is 12.4. The molecular formula is C26H28N2O5S. The van der Waals surface area contributed by atoms with E-state index in [0.717, 1.165) is 17.4 Å². The Balaban J connectivity index is 1.40. The summed E-state index contributed by atoms with van der Waals surface area (Å²) in [6.45, 7) is 0.657. The summed E-state index contributed by atoms with van der Waals surface area (Å²) in [6, 6.07) is 23.4. The molecule has 0 saturated heterocycles. The van der Waals surface area contributed by atoms with E-state index in [1.807, 2.05) is 42.5 Å². The Labute approximate surface area is 200 Å². The van der Waals surface area contributed by atoms with Crippen molar-refractivity contribution in [2.45, 2.75) is 11.3 Å². The highest BCUT2D eigenvalue weighted by atomic mass is 32.2. The van der Waals surface area contributed by atoms with E-state index in [-0.39, 0.29) is 23.3 Å². The quantitative estimate of drug-likeness (QED) is 0.449. The summed E-state index contributed by atoms with van der Waals surface area (Å²) in [4.78, 5) is 26.5. The molecule has 0 atom stereocenters. The number of carbonyl (C=O) groups excluding carboxylic acids is 2. The zero-order valence-corrected chi connectivity index (χ0v) is 20.0. The van der Waals surface area contributed by atoms with Gasteiger partial charge in [0.15, 0.2) is 9.84 Å². The van der Waals surface area contributed by atoms with Crippen molar-refractivity contribution in [2.75, 3.05) is 33.0 Å². The van der Waals surface area contributed by atoms with Crippen LogP contribution in [0.2, 0.25) is 0 Å². The monoisotopic (exact) mass is 480 g/mol. The van der Waals surface area contributed by atoms with Crippen LogP contribution in [-0.4, -0.2) is 58.1 Å². The molecule has 0 saturated carbocycles. The van der Waals surface area contributed by atoms with Gasteiger partial charge in [0.25, 0.3) is 5.91 Å². The van der Waals surface area contributed by atoms with Crippen molar-refractivity contribution in [3.63, 3.8) is 0 Å². The second-order valence-electron chi connectivity index (χ2n) is 7.89. The van der Waals surface area contributed by atoms with Crippen molar-refractivity contribution in [2.24, 2.45) is 0 Å². The minimum Gasteiger partial charge on any atom is -0.493 e. The Morgan fingerprint density at radius 1 is 0.912 bits per heavy atom. The highest BCUT2D eigenvalue weighted by molar-refractivity contribution is 7.90. The molecule has 0 aromatic heterocycles. The number of rotatable bonds is 10. The van der Waals surface area contributed by atoms with E-state index < -0.39 is 9.84 Å². The zero-order chi connectivity index (χ0) is 24.6. The van der Waals surface area contributed by atoms with Crippen LogP contribution in [0.1, 0.15) is 16.8 Å². The van der Waals surface area contributed by atoms with Gasteiger partial charge in [-0.25, -0.2) is 8.42 Å². The molecule has 3 aromatic carbocycles. The van der Waals surface area contributed by atoms with Crippen LogP contribution in [-0.2, 0) is 14.6 Å². The highest BCUT2D eigenvalue weighted by Gasteiger charge is 2.12. The fourth-order valence-corrected chi connectivity index (χ4v) is 3.90. The average Bonchev–Trinajstić information content (AvgIpc) is 2.85. The molecule has 0 bridgehead atoms. The van der Waals surface area contributed by atoms with Crippen LogP contribution in [0.4, 0.5) is 0 Å². The zero-order valence-electron chi connectivity index (χ0n) is 19.2. The van der Waals surface area contributed by atoms with Gasteiger partial charge in [0, 0.05) is 25.4 Å². The van der Waals surface area contributed by atoms with Gasteiger partial charge in [-0.2, -0.15) is 0 Å². The lowest BCUT2D eigenvalue weighted by atomic mass is 10.0. The van der Waals surface area contributed by atoms with Crippen molar-refractivity contribution in [3.8, 4) is 16.9 Å². The van der Waals surface area contributed by atoms with Crippen LogP contribution in [0, 0.1) is 0 Å². The van der Waals surface area contributed by atoms with E-state index in [1.165, 1.54) is 17.0 Å². The number of benzene rings is 3. The molecule has 0 unspecified atom stereocenters. The average molecular weight is 481 g/mol. The van der Waals surface area contributed by atoms with E-state index in [0.29, 0.717) is 30.9 Å². The van der Waals surface area contributed by atoms with Crippen LogP contribution in [0.25, 0.3) is 11.1 Å². The van der Waals surface area contributed by atoms with Crippen LogP contribution in [0.15, 0.2) is 83.8 Å². The maximum Gasteiger partial charge on any atom is 0.251 e. The van der Waals surface area contributed by atoms with Gasteiger partial charge < -0.3 is 15.0 Å². The number of nitrogens with zero attached hydrogens (tertiary/aromatic N) is 1. The molecule has 3 aromatic rings. The third kappa shape index (κ3) is 7.18. The standard InChI is InChI=1S/C26H28N2O5S/c1-28(16-7-17-33-23-10-6-11-24(18-23)34(2,31)32)25(29)19-27-26(30)22-14-12-21(13-15-22)20-8-4-3-5-9-20/h3-6,8-15,18H,7,16-17,19H2,1-2H3,(H,27,30). The Kier molecular flexibility index (Phi) is 8.43. The fourth-order valence-electron chi connectivity index (χ4n) is 3.25. The first kappa shape index (κ1) is 25.0. The number of amides is 2. The lowest BCUT2D eigenvalue weighted by Gasteiger charge is -2.17. The van der Waals surface area contributed by atoms with Crippen LogP contribution in [0.5, 0.6) is 5.75 Å². The Hall–Kier alpha value is -3.65. The van der Waals surface area contributed by atoms with Crippen molar-refractivity contribution >= 4 is 21.7 Å². The molecule has 8 heteroatoms. The van der Waals surface area contributed by atoms with Crippen LogP contribution in [0.3, 0.4) is 0 Å². The van der Waals surface area contributed by atoms with Crippen molar-refractivity contribution in [1.29, 1.82) is 0 Å². The number of likely N-dealkylation sites (N-methyl/N-ethyl adjacent to an activating group) is 1. The van der Waals surface area contributed by atoms with Gasteiger partial charge in [-0.1, -0.05) is 48.5 Å². The van der Waals surface area contributed by atoms with Gasteiger partial charge in [-0.05, 0) is 47.9 Å². The third-order valence-electron chi connectivity index (χ3n) is 5.22. The summed E-state index contributed by atoms with van der Waals surface area (Å²) in [5, 5.41) is 2.66. The number of hydrogen-bond acceptors (Lipinski definition) is 5. The number of carbonyl (C=O) groups is 2. The first-order chi connectivity index (χ1) is 16.2. The molecule has 0 heterocycles. The summed E-state index contributed by atoms with van der Waals surface area (Å²) < 4.78 is 28.8. The molecule has 0 aliphatic heterocycles.